The van der Waals surface area contributed by atoms with Crippen LogP contribution in [0.1, 0.15) is 25.6 Å². The number of nitrogens with zero attached hydrogens (tertiary/aromatic N) is 4. The van der Waals surface area contributed by atoms with Gasteiger partial charge in [0.15, 0.2) is 0 Å². The molecule has 0 radical (unpaired) electrons. The van der Waals surface area contributed by atoms with E-state index in [1.807, 2.05) is 18.2 Å². The normalized spacial score (nSPS) is 15.6. The van der Waals surface area contributed by atoms with Crippen molar-refractivity contribution in [3.8, 4) is 5.88 Å². The average Bonchev–Trinajstić information content (AvgIpc) is 3.15. The second-order valence-electron chi connectivity index (χ2n) is 6.37. The van der Waals surface area contributed by atoms with Gasteiger partial charge in [-0.15, -0.1) is 11.3 Å². The van der Waals surface area contributed by atoms with E-state index < -0.39 is 0 Å². The summed E-state index contributed by atoms with van der Waals surface area (Å²) in [6.45, 7) is 4.88. The third-order valence-corrected chi connectivity index (χ3v) is 5.49. The molecule has 0 saturated carbocycles. The minimum atomic E-state index is 0.573. The van der Waals surface area contributed by atoms with Crippen molar-refractivity contribution in [3.63, 3.8) is 0 Å². The molecule has 6 heteroatoms. The Morgan fingerprint density at radius 3 is 2.84 bits per heavy atom. The number of hydrogen-bond donors (Lipinski definition) is 0. The number of rotatable bonds is 5. The number of aryl methyl sites for hydroxylation is 1. The topological polar surface area (TPSA) is 51.1 Å². The molecule has 3 aromatic heterocycles. The van der Waals surface area contributed by atoms with Crippen molar-refractivity contribution in [2.75, 3.05) is 24.6 Å². The number of aromatic nitrogens is 3. The molecule has 1 saturated heterocycles. The average molecular weight is 354 g/mol. The van der Waals surface area contributed by atoms with Crippen LogP contribution in [0.15, 0.2) is 35.8 Å². The second kappa shape index (κ2) is 7.35. The Kier molecular flexibility index (Phi) is 4.78. The number of thiophene rings is 1. The molecular weight excluding hydrogens is 332 g/mol. The van der Waals surface area contributed by atoms with Gasteiger partial charge in [-0.05, 0) is 36.3 Å². The lowest BCUT2D eigenvalue weighted by Crippen LogP contribution is -2.36. The van der Waals surface area contributed by atoms with E-state index in [1.54, 1.807) is 17.5 Å². The van der Waals surface area contributed by atoms with E-state index in [0.29, 0.717) is 11.8 Å². The van der Waals surface area contributed by atoms with Crippen molar-refractivity contribution in [1.29, 1.82) is 0 Å². The highest BCUT2D eigenvalue weighted by atomic mass is 32.1. The quantitative estimate of drug-likeness (QED) is 0.694. The monoisotopic (exact) mass is 354 g/mol. The first-order valence-corrected chi connectivity index (χ1v) is 9.74. The molecule has 0 aromatic carbocycles. The molecule has 4 heterocycles. The van der Waals surface area contributed by atoms with Crippen molar-refractivity contribution in [3.05, 3.63) is 41.7 Å². The molecular formula is C19H22N4OS. The molecule has 0 bridgehead atoms. The van der Waals surface area contributed by atoms with Crippen molar-refractivity contribution >= 4 is 27.4 Å². The van der Waals surface area contributed by atoms with E-state index >= 15 is 0 Å². The molecule has 25 heavy (non-hydrogen) atoms. The van der Waals surface area contributed by atoms with E-state index in [9.17, 15) is 0 Å². The highest BCUT2D eigenvalue weighted by Crippen LogP contribution is 2.31. The van der Waals surface area contributed by atoms with Crippen LogP contribution in [-0.4, -0.2) is 34.6 Å². The molecule has 0 spiro atoms. The zero-order valence-electron chi connectivity index (χ0n) is 14.4. The number of fused-ring (bicyclic) bond motifs is 1. The lowest BCUT2D eigenvalue weighted by Gasteiger charge is -2.33. The lowest BCUT2D eigenvalue weighted by molar-refractivity contribution is 0.216. The van der Waals surface area contributed by atoms with Crippen LogP contribution in [0.5, 0.6) is 5.88 Å². The Bertz CT molecular complexity index is 828. The van der Waals surface area contributed by atoms with E-state index in [4.69, 9.17) is 9.72 Å². The van der Waals surface area contributed by atoms with Gasteiger partial charge >= 0.3 is 0 Å². The molecule has 0 atom stereocenters. The second-order valence-corrected chi connectivity index (χ2v) is 7.26. The summed E-state index contributed by atoms with van der Waals surface area (Å²) in [5.74, 6) is 3.33. The number of anilines is 1. The van der Waals surface area contributed by atoms with Gasteiger partial charge in [-0.25, -0.2) is 15.0 Å². The first-order chi connectivity index (χ1) is 12.3. The van der Waals surface area contributed by atoms with Gasteiger partial charge in [-0.1, -0.05) is 13.0 Å². The lowest BCUT2D eigenvalue weighted by atomic mass is 9.97. The van der Waals surface area contributed by atoms with Crippen LogP contribution in [0.2, 0.25) is 0 Å². The molecule has 0 amide bonds. The summed E-state index contributed by atoms with van der Waals surface area (Å²) in [4.78, 5) is 17.2. The van der Waals surface area contributed by atoms with Crippen LogP contribution in [0, 0.1) is 5.92 Å². The minimum Gasteiger partial charge on any atom is -0.477 e. The van der Waals surface area contributed by atoms with Gasteiger partial charge in [0, 0.05) is 31.8 Å². The summed E-state index contributed by atoms with van der Waals surface area (Å²) in [7, 11) is 0. The molecule has 1 aliphatic heterocycles. The van der Waals surface area contributed by atoms with Gasteiger partial charge in [0.2, 0.25) is 5.88 Å². The van der Waals surface area contributed by atoms with Gasteiger partial charge in [0.05, 0.1) is 12.0 Å². The van der Waals surface area contributed by atoms with Gasteiger partial charge < -0.3 is 9.64 Å². The summed E-state index contributed by atoms with van der Waals surface area (Å²) < 4.78 is 5.83. The largest absolute Gasteiger partial charge is 0.477 e. The van der Waals surface area contributed by atoms with Crippen LogP contribution >= 0.6 is 11.3 Å². The molecule has 5 nitrogen and oxygen atoms in total. The fourth-order valence-electron chi connectivity index (χ4n) is 3.23. The predicted octanol–water partition coefficient (Wildman–Crippen LogP) is 3.94. The molecule has 1 fully saturated rings. The van der Waals surface area contributed by atoms with E-state index in [0.717, 1.165) is 55.4 Å². The fraction of sp³-hybridized carbons (Fsp3) is 0.421. The summed E-state index contributed by atoms with van der Waals surface area (Å²) in [6, 6.07) is 7.92. The van der Waals surface area contributed by atoms with Crippen LogP contribution in [0.3, 0.4) is 0 Å². The fourth-order valence-corrected chi connectivity index (χ4v) is 4.01. The smallest absolute Gasteiger partial charge is 0.213 e. The summed E-state index contributed by atoms with van der Waals surface area (Å²) in [5, 5.41) is 3.29. The Morgan fingerprint density at radius 1 is 1.20 bits per heavy atom. The third-order valence-electron chi connectivity index (χ3n) is 4.69. The number of ether oxygens (including phenoxy) is 1. The highest BCUT2D eigenvalue weighted by Gasteiger charge is 2.23. The van der Waals surface area contributed by atoms with Gasteiger partial charge in [-0.2, -0.15) is 0 Å². The van der Waals surface area contributed by atoms with Crippen molar-refractivity contribution in [2.45, 2.75) is 26.2 Å². The molecule has 0 N–H and O–H groups in total. The Hall–Kier alpha value is -2.21. The first-order valence-electron chi connectivity index (χ1n) is 8.86. The summed E-state index contributed by atoms with van der Waals surface area (Å²) in [5.41, 5.74) is 0. The van der Waals surface area contributed by atoms with Crippen molar-refractivity contribution in [2.24, 2.45) is 5.92 Å². The van der Waals surface area contributed by atoms with Crippen molar-refractivity contribution in [1.82, 2.24) is 15.0 Å². The standard InChI is InChI=1S/C19H22N4OS/c1-2-16-21-18(15-8-12-25-19(15)22-16)23-10-6-14(7-11-23)13-24-17-5-3-4-9-20-17/h3-5,8-9,12,14H,2,6-7,10-11,13H2,1H3. The maximum Gasteiger partial charge on any atom is 0.213 e. The summed E-state index contributed by atoms with van der Waals surface area (Å²) >= 11 is 1.70. The Morgan fingerprint density at radius 2 is 2.08 bits per heavy atom. The van der Waals surface area contributed by atoms with E-state index in [1.165, 1.54) is 5.39 Å². The zero-order valence-corrected chi connectivity index (χ0v) is 15.2. The maximum atomic E-state index is 5.83. The summed E-state index contributed by atoms with van der Waals surface area (Å²) in [6.07, 6.45) is 4.87. The molecule has 4 rings (SSSR count). The van der Waals surface area contributed by atoms with E-state index in [2.05, 4.69) is 33.2 Å². The van der Waals surface area contributed by atoms with Crippen LogP contribution in [-0.2, 0) is 6.42 Å². The maximum absolute atomic E-state index is 5.83. The zero-order chi connectivity index (χ0) is 17.1. The van der Waals surface area contributed by atoms with Crippen molar-refractivity contribution < 1.29 is 4.74 Å². The molecule has 130 valence electrons. The van der Waals surface area contributed by atoms with Crippen LogP contribution in [0.4, 0.5) is 5.82 Å². The van der Waals surface area contributed by atoms with Crippen LogP contribution in [0.25, 0.3) is 10.2 Å². The SMILES string of the molecule is CCc1nc(N2CCC(COc3ccccn3)CC2)c2ccsc2n1. The van der Waals surface area contributed by atoms with Crippen LogP contribution < -0.4 is 9.64 Å². The highest BCUT2D eigenvalue weighted by molar-refractivity contribution is 7.16. The number of piperidine rings is 1. The molecule has 1 aliphatic rings. The van der Waals surface area contributed by atoms with E-state index in [-0.39, 0.29) is 0 Å². The van der Waals surface area contributed by atoms with Gasteiger partial charge in [0.25, 0.3) is 0 Å². The molecule has 3 aromatic rings. The van der Waals surface area contributed by atoms with Gasteiger partial charge in [0.1, 0.15) is 16.5 Å². The number of hydrogen-bond acceptors (Lipinski definition) is 6. The predicted molar refractivity (Wildman–Crippen MR) is 101 cm³/mol. The Labute approximate surface area is 151 Å². The Balaban J connectivity index is 1.41. The molecule has 0 unspecified atom stereocenters. The molecule has 0 aliphatic carbocycles. The van der Waals surface area contributed by atoms with Gasteiger partial charge in [-0.3, -0.25) is 0 Å². The third kappa shape index (κ3) is 3.58. The first kappa shape index (κ1) is 16.3. The number of pyridine rings is 1. The minimum absolute atomic E-state index is 0.573.